The maximum atomic E-state index is 12.5. The van der Waals surface area contributed by atoms with Crippen molar-refractivity contribution in [2.45, 2.75) is 45.9 Å². The molecular weight excluding hydrogens is 380 g/mol. The van der Waals surface area contributed by atoms with Crippen LogP contribution in [-0.2, 0) is 25.6 Å². The number of nitrogens with one attached hydrogen (secondary N) is 1. The number of ether oxygens (including phenoxy) is 1. The van der Waals surface area contributed by atoms with Crippen molar-refractivity contribution < 1.29 is 22.1 Å². The van der Waals surface area contributed by atoms with Crippen LogP contribution in [0.1, 0.15) is 39.2 Å². The second-order valence-electron chi connectivity index (χ2n) is 6.90. The third-order valence-corrected chi connectivity index (χ3v) is 6.17. The molecule has 0 saturated carbocycles. The van der Waals surface area contributed by atoms with Crippen molar-refractivity contribution in [1.29, 1.82) is 0 Å². The molecule has 2 aliphatic heterocycles. The molecule has 0 aliphatic carbocycles. The fraction of sp³-hybridized carbons (Fsp3) is 0.550. The molecule has 2 unspecified atom stereocenters. The fourth-order valence-electron chi connectivity index (χ4n) is 3.68. The predicted molar refractivity (Wildman–Crippen MR) is 108 cm³/mol. The lowest BCUT2D eigenvalue weighted by molar-refractivity contribution is -0.0448. The Kier molecular flexibility index (Phi) is 7.63. The standard InChI is InChI=1S/C19H26N2O5S.CH4/c1-2-19(20-11-7-13-27(23,24)26-19)17-10-6-12-21(14-17)18(22)25-15-16-8-4-3-5-9-16;/h3-5,7-9,13,17,20H,2,6,10-12,14-15H2,1H3;1H4. The highest BCUT2D eigenvalue weighted by atomic mass is 32.2. The zero-order valence-corrected chi connectivity index (χ0v) is 16.3. The van der Waals surface area contributed by atoms with Gasteiger partial charge in [-0.25, -0.2) is 8.98 Å². The van der Waals surface area contributed by atoms with Gasteiger partial charge in [-0.15, -0.1) is 0 Å². The van der Waals surface area contributed by atoms with Crippen LogP contribution < -0.4 is 5.32 Å². The summed E-state index contributed by atoms with van der Waals surface area (Å²) in [6, 6.07) is 9.51. The Morgan fingerprint density at radius 3 is 2.82 bits per heavy atom. The first kappa shape index (κ1) is 22.4. The number of carbonyl (C=O) groups is 1. The van der Waals surface area contributed by atoms with Crippen LogP contribution in [-0.4, -0.2) is 44.8 Å². The van der Waals surface area contributed by atoms with Crippen LogP contribution in [0.3, 0.4) is 0 Å². The van der Waals surface area contributed by atoms with Gasteiger partial charge in [-0.05, 0) is 24.8 Å². The van der Waals surface area contributed by atoms with Gasteiger partial charge in [0.1, 0.15) is 12.3 Å². The minimum Gasteiger partial charge on any atom is -0.445 e. The van der Waals surface area contributed by atoms with E-state index in [-0.39, 0.29) is 26.0 Å². The van der Waals surface area contributed by atoms with Gasteiger partial charge >= 0.3 is 6.09 Å². The Labute approximate surface area is 167 Å². The lowest BCUT2D eigenvalue weighted by Gasteiger charge is -2.43. The van der Waals surface area contributed by atoms with Gasteiger partial charge in [0.25, 0.3) is 10.1 Å². The van der Waals surface area contributed by atoms with Crippen LogP contribution in [0.2, 0.25) is 0 Å². The molecule has 2 heterocycles. The van der Waals surface area contributed by atoms with Crippen molar-refractivity contribution in [3.05, 3.63) is 47.4 Å². The van der Waals surface area contributed by atoms with Gasteiger partial charge in [0.15, 0.2) is 0 Å². The number of nitrogens with zero attached hydrogens (tertiary/aromatic N) is 1. The van der Waals surface area contributed by atoms with Crippen molar-refractivity contribution in [3.63, 3.8) is 0 Å². The van der Waals surface area contributed by atoms with Crippen molar-refractivity contribution in [2.24, 2.45) is 5.92 Å². The number of carbonyl (C=O) groups excluding carboxylic acids is 1. The number of rotatable bonds is 4. The van der Waals surface area contributed by atoms with Gasteiger partial charge in [0.2, 0.25) is 0 Å². The maximum absolute atomic E-state index is 12.5. The molecule has 8 heteroatoms. The Bertz CT molecular complexity index is 781. The summed E-state index contributed by atoms with van der Waals surface area (Å²) in [4.78, 5) is 14.1. The predicted octanol–water partition coefficient (Wildman–Crippen LogP) is 3.24. The van der Waals surface area contributed by atoms with Gasteiger partial charge in [0, 0.05) is 25.6 Å². The highest BCUT2D eigenvalue weighted by molar-refractivity contribution is 7.89. The molecule has 0 spiro atoms. The van der Waals surface area contributed by atoms with Crippen LogP contribution in [0.25, 0.3) is 0 Å². The first-order valence-electron chi connectivity index (χ1n) is 9.27. The normalized spacial score (nSPS) is 26.8. The summed E-state index contributed by atoms with van der Waals surface area (Å²) >= 11 is 0. The van der Waals surface area contributed by atoms with Gasteiger partial charge in [-0.3, -0.25) is 5.32 Å². The van der Waals surface area contributed by atoms with E-state index in [4.69, 9.17) is 8.92 Å². The molecular formula is C20H30N2O5S. The molecule has 1 aromatic rings. The van der Waals surface area contributed by atoms with Crippen LogP contribution in [0.4, 0.5) is 4.79 Å². The highest BCUT2D eigenvalue weighted by Gasteiger charge is 2.45. The third kappa shape index (κ3) is 5.33. The first-order chi connectivity index (χ1) is 12.9. The minimum atomic E-state index is -3.75. The van der Waals surface area contributed by atoms with E-state index in [1.165, 1.54) is 0 Å². The van der Waals surface area contributed by atoms with Gasteiger partial charge in [0.05, 0.1) is 5.41 Å². The topological polar surface area (TPSA) is 84.9 Å². The lowest BCUT2D eigenvalue weighted by Crippen LogP contribution is -2.58. The second kappa shape index (κ2) is 9.54. The summed E-state index contributed by atoms with van der Waals surface area (Å²) in [6.07, 6.45) is 3.18. The average Bonchev–Trinajstić information content (AvgIpc) is 2.85. The summed E-state index contributed by atoms with van der Waals surface area (Å²) in [6.45, 7) is 3.49. The second-order valence-corrected chi connectivity index (χ2v) is 8.32. The van der Waals surface area contributed by atoms with Crippen molar-refractivity contribution in [3.8, 4) is 0 Å². The van der Waals surface area contributed by atoms with E-state index in [2.05, 4.69) is 5.32 Å². The summed E-state index contributed by atoms with van der Waals surface area (Å²) in [5.74, 6) is -0.143. The summed E-state index contributed by atoms with van der Waals surface area (Å²) in [5, 5.41) is 4.31. The molecule has 7 nitrogen and oxygen atoms in total. The van der Waals surface area contributed by atoms with Crippen molar-refractivity contribution in [1.82, 2.24) is 10.2 Å². The molecule has 1 aromatic carbocycles. The fourth-order valence-corrected chi connectivity index (χ4v) is 4.80. The van der Waals surface area contributed by atoms with E-state index >= 15 is 0 Å². The molecule has 1 saturated heterocycles. The van der Waals surface area contributed by atoms with Gasteiger partial charge < -0.3 is 9.64 Å². The van der Waals surface area contributed by atoms with E-state index in [9.17, 15) is 13.2 Å². The molecule has 156 valence electrons. The molecule has 0 bridgehead atoms. The molecule has 2 atom stereocenters. The third-order valence-electron chi connectivity index (χ3n) is 5.12. The summed E-state index contributed by atoms with van der Waals surface area (Å²) < 4.78 is 35.2. The Balaban J connectivity index is 0.00000280. The SMILES string of the molecule is C.CCC1(C2CCCN(C(=O)OCc3ccccc3)C2)NCC=CS(=O)(=O)O1. The minimum absolute atomic E-state index is 0. The molecule has 1 amide bonds. The number of likely N-dealkylation sites (tertiary alicyclic amines) is 1. The molecule has 1 N–H and O–H groups in total. The molecule has 1 fully saturated rings. The Hall–Kier alpha value is -1.90. The summed E-state index contributed by atoms with van der Waals surface area (Å²) in [5.41, 5.74) is -0.0869. The monoisotopic (exact) mass is 410 g/mol. The van der Waals surface area contributed by atoms with Crippen LogP contribution in [0.5, 0.6) is 0 Å². The lowest BCUT2D eigenvalue weighted by atomic mass is 9.86. The van der Waals surface area contributed by atoms with Crippen LogP contribution in [0, 0.1) is 5.92 Å². The highest BCUT2D eigenvalue weighted by Crippen LogP contribution is 2.34. The Morgan fingerprint density at radius 1 is 1.36 bits per heavy atom. The number of piperidine rings is 1. The Morgan fingerprint density at radius 2 is 2.11 bits per heavy atom. The average molecular weight is 411 g/mol. The van der Waals surface area contributed by atoms with Crippen molar-refractivity contribution >= 4 is 16.2 Å². The maximum Gasteiger partial charge on any atom is 0.410 e. The van der Waals surface area contributed by atoms with E-state index in [0.29, 0.717) is 26.1 Å². The molecule has 0 radical (unpaired) electrons. The number of benzene rings is 1. The van der Waals surface area contributed by atoms with Crippen LogP contribution in [0.15, 0.2) is 41.8 Å². The summed E-state index contributed by atoms with van der Waals surface area (Å²) in [7, 11) is -3.75. The number of amides is 1. The quantitative estimate of drug-likeness (QED) is 0.767. The van der Waals surface area contributed by atoms with Gasteiger partial charge in [-0.1, -0.05) is 50.8 Å². The molecule has 28 heavy (non-hydrogen) atoms. The molecule has 0 aromatic heterocycles. The van der Waals surface area contributed by atoms with E-state index in [1.54, 1.807) is 11.0 Å². The number of hydrogen-bond donors (Lipinski definition) is 1. The molecule has 2 aliphatic rings. The van der Waals surface area contributed by atoms with Gasteiger partial charge in [-0.2, -0.15) is 8.42 Å². The van der Waals surface area contributed by atoms with E-state index in [1.807, 2.05) is 37.3 Å². The largest absolute Gasteiger partial charge is 0.445 e. The zero-order valence-electron chi connectivity index (χ0n) is 15.5. The smallest absolute Gasteiger partial charge is 0.410 e. The van der Waals surface area contributed by atoms with Crippen LogP contribution >= 0.6 is 0 Å². The number of hydrogen-bond acceptors (Lipinski definition) is 6. The first-order valence-corrected chi connectivity index (χ1v) is 10.7. The van der Waals surface area contributed by atoms with E-state index in [0.717, 1.165) is 23.8 Å². The zero-order chi connectivity index (χ0) is 19.3. The van der Waals surface area contributed by atoms with Crippen molar-refractivity contribution in [2.75, 3.05) is 19.6 Å². The molecule has 3 rings (SSSR count). The van der Waals surface area contributed by atoms with E-state index < -0.39 is 15.8 Å².